The molecule has 1 fully saturated rings. The van der Waals surface area contributed by atoms with Crippen LogP contribution in [0.3, 0.4) is 0 Å². The van der Waals surface area contributed by atoms with Crippen molar-refractivity contribution in [3.63, 3.8) is 0 Å². The van der Waals surface area contributed by atoms with E-state index in [-0.39, 0.29) is 0 Å². The van der Waals surface area contributed by atoms with E-state index >= 15 is 0 Å². The second kappa shape index (κ2) is 3.20. The van der Waals surface area contributed by atoms with E-state index < -0.39 is 5.60 Å². The molecule has 1 N–H and O–H groups in total. The number of ether oxygens (including phenoxy) is 1. The molecule has 14 heavy (non-hydrogen) atoms. The lowest BCUT2D eigenvalue weighted by atomic mass is 9.72. The molecule has 0 bridgehead atoms. The number of nitrogens with zero attached hydrogens (tertiary/aromatic N) is 2. The van der Waals surface area contributed by atoms with E-state index in [4.69, 9.17) is 4.74 Å². The molecule has 1 aromatic heterocycles. The molecule has 1 aromatic rings. The molecule has 0 aromatic carbocycles. The average molecular weight is 194 g/mol. The molecule has 0 radical (unpaired) electrons. The van der Waals surface area contributed by atoms with E-state index in [1.807, 2.05) is 6.92 Å². The Hall–Kier alpha value is -1.16. The summed E-state index contributed by atoms with van der Waals surface area (Å²) >= 11 is 0. The van der Waals surface area contributed by atoms with Crippen molar-refractivity contribution in [3.05, 3.63) is 18.2 Å². The predicted molar refractivity (Wildman–Crippen MR) is 51.2 cm³/mol. The van der Waals surface area contributed by atoms with Gasteiger partial charge in [0.15, 0.2) is 5.75 Å². The molecule has 0 atom stereocenters. The Labute approximate surface area is 83.0 Å². The maximum Gasteiger partial charge on any atom is 0.155 e. The predicted octanol–water partition coefficient (Wildman–Crippen LogP) is 1.11. The van der Waals surface area contributed by atoms with Crippen LogP contribution in [0, 0.1) is 0 Å². The zero-order valence-corrected chi connectivity index (χ0v) is 8.40. The average Bonchev–Trinajstić information content (AvgIpc) is 2.14. The van der Waals surface area contributed by atoms with Crippen LogP contribution in [0.15, 0.2) is 12.4 Å². The number of rotatable bonds is 2. The molecule has 4 nitrogen and oxygen atoms in total. The van der Waals surface area contributed by atoms with Gasteiger partial charge in [0.1, 0.15) is 5.82 Å². The van der Waals surface area contributed by atoms with Gasteiger partial charge in [0.25, 0.3) is 0 Å². The van der Waals surface area contributed by atoms with Gasteiger partial charge in [0, 0.05) is 5.92 Å². The summed E-state index contributed by atoms with van der Waals surface area (Å²) in [6, 6.07) is 0. The molecule has 2 rings (SSSR count). The number of hydrogen-bond acceptors (Lipinski definition) is 4. The molecule has 1 heterocycles. The van der Waals surface area contributed by atoms with Gasteiger partial charge < -0.3 is 9.84 Å². The van der Waals surface area contributed by atoms with Crippen LogP contribution in [0.25, 0.3) is 0 Å². The Bertz CT molecular complexity index is 313. The van der Waals surface area contributed by atoms with Crippen LogP contribution in [0.4, 0.5) is 0 Å². The zero-order valence-electron chi connectivity index (χ0n) is 8.40. The topological polar surface area (TPSA) is 55.2 Å². The summed E-state index contributed by atoms with van der Waals surface area (Å²) < 4.78 is 4.97. The fourth-order valence-electron chi connectivity index (χ4n) is 1.83. The third-order valence-corrected chi connectivity index (χ3v) is 2.62. The van der Waals surface area contributed by atoms with Crippen LogP contribution in [-0.4, -0.2) is 27.8 Å². The highest BCUT2D eigenvalue weighted by Crippen LogP contribution is 2.42. The summed E-state index contributed by atoms with van der Waals surface area (Å²) in [5.41, 5.74) is -0.520. The standard InChI is InChI=1S/C10H14N2O2/c1-10(13)3-7(4-10)9-11-5-8(14-2)6-12-9/h5-7,13H,3-4H2,1-2H3. The van der Waals surface area contributed by atoms with E-state index in [1.54, 1.807) is 19.5 Å². The second-order valence-corrected chi connectivity index (χ2v) is 4.08. The monoisotopic (exact) mass is 194 g/mol. The Morgan fingerprint density at radius 2 is 2.00 bits per heavy atom. The largest absolute Gasteiger partial charge is 0.494 e. The molecular formula is C10H14N2O2. The van der Waals surface area contributed by atoms with E-state index in [0.717, 1.165) is 18.7 Å². The van der Waals surface area contributed by atoms with E-state index in [0.29, 0.717) is 11.7 Å². The molecule has 1 saturated carbocycles. The molecule has 4 heteroatoms. The van der Waals surface area contributed by atoms with Gasteiger partial charge in [-0.2, -0.15) is 0 Å². The van der Waals surface area contributed by atoms with Gasteiger partial charge in [0.05, 0.1) is 25.1 Å². The van der Waals surface area contributed by atoms with E-state index in [9.17, 15) is 5.11 Å². The van der Waals surface area contributed by atoms with Crippen LogP contribution in [-0.2, 0) is 0 Å². The van der Waals surface area contributed by atoms with Gasteiger partial charge in [-0.05, 0) is 19.8 Å². The van der Waals surface area contributed by atoms with Crippen LogP contribution >= 0.6 is 0 Å². The minimum absolute atomic E-state index is 0.302. The summed E-state index contributed by atoms with van der Waals surface area (Å²) in [6.45, 7) is 1.84. The van der Waals surface area contributed by atoms with Crippen molar-refractivity contribution in [3.8, 4) is 5.75 Å². The summed E-state index contributed by atoms with van der Waals surface area (Å²) in [6.07, 6.45) is 4.82. The second-order valence-electron chi connectivity index (χ2n) is 4.08. The number of methoxy groups -OCH3 is 1. The fourth-order valence-corrected chi connectivity index (χ4v) is 1.83. The van der Waals surface area contributed by atoms with Crippen LogP contribution in [0.1, 0.15) is 31.5 Å². The first-order chi connectivity index (χ1) is 6.61. The SMILES string of the molecule is COc1cnc(C2CC(C)(O)C2)nc1. The quantitative estimate of drug-likeness (QED) is 0.766. The van der Waals surface area contributed by atoms with Crippen molar-refractivity contribution in [1.29, 1.82) is 0 Å². The van der Waals surface area contributed by atoms with Crippen molar-refractivity contribution < 1.29 is 9.84 Å². The Morgan fingerprint density at radius 1 is 1.43 bits per heavy atom. The normalized spacial score (nSPS) is 30.9. The number of hydrogen-bond donors (Lipinski definition) is 1. The first kappa shape index (κ1) is 9.40. The van der Waals surface area contributed by atoms with Crippen molar-refractivity contribution in [2.75, 3.05) is 7.11 Å². The van der Waals surface area contributed by atoms with Gasteiger partial charge in [0.2, 0.25) is 0 Å². The first-order valence-electron chi connectivity index (χ1n) is 4.69. The van der Waals surface area contributed by atoms with Gasteiger partial charge in [-0.15, -0.1) is 0 Å². The number of aliphatic hydroxyl groups is 1. The van der Waals surface area contributed by atoms with Gasteiger partial charge >= 0.3 is 0 Å². The Balaban J connectivity index is 2.05. The highest BCUT2D eigenvalue weighted by molar-refractivity contribution is 5.16. The maximum absolute atomic E-state index is 9.57. The lowest BCUT2D eigenvalue weighted by Gasteiger charge is -2.39. The minimum atomic E-state index is -0.520. The highest BCUT2D eigenvalue weighted by Gasteiger charge is 2.40. The molecule has 1 aliphatic rings. The van der Waals surface area contributed by atoms with Crippen molar-refractivity contribution in [1.82, 2.24) is 9.97 Å². The van der Waals surface area contributed by atoms with Crippen LogP contribution < -0.4 is 4.74 Å². The molecule has 0 unspecified atom stereocenters. The first-order valence-corrected chi connectivity index (χ1v) is 4.69. The smallest absolute Gasteiger partial charge is 0.155 e. The van der Waals surface area contributed by atoms with Crippen LogP contribution in [0.5, 0.6) is 5.75 Å². The molecule has 0 saturated heterocycles. The number of aromatic nitrogens is 2. The lowest BCUT2D eigenvalue weighted by molar-refractivity contribution is -0.0334. The highest BCUT2D eigenvalue weighted by atomic mass is 16.5. The summed E-state index contributed by atoms with van der Waals surface area (Å²) in [4.78, 5) is 8.38. The molecule has 76 valence electrons. The molecule has 1 aliphatic carbocycles. The molecular weight excluding hydrogens is 180 g/mol. The fraction of sp³-hybridized carbons (Fsp3) is 0.600. The van der Waals surface area contributed by atoms with Crippen molar-refractivity contribution >= 4 is 0 Å². The lowest BCUT2D eigenvalue weighted by Crippen LogP contribution is -2.39. The van der Waals surface area contributed by atoms with Crippen LogP contribution in [0.2, 0.25) is 0 Å². The van der Waals surface area contributed by atoms with Gasteiger partial charge in [-0.3, -0.25) is 0 Å². The Kier molecular flexibility index (Phi) is 2.15. The minimum Gasteiger partial charge on any atom is -0.494 e. The third-order valence-electron chi connectivity index (χ3n) is 2.62. The zero-order chi connectivity index (χ0) is 10.2. The van der Waals surface area contributed by atoms with Crippen molar-refractivity contribution in [2.45, 2.75) is 31.3 Å². The van der Waals surface area contributed by atoms with E-state index in [1.165, 1.54) is 0 Å². The summed E-state index contributed by atoms with van der Waals surface area (Å²) in [7, 11) is 1.59. The maximum atomic E-state index is 9.57. The molecule has 0 aliphatic heterocycles. The molecule has 0 amide bonds. The summed E-state index contributed by atoms with van der Waals surface area (Å²) in [5.74, 6) is 1.77. The third kappa shape index (κ3) is 1.70. The molecule has 0 spiro atoms. The van der Waals surface area contributed by atoms with E-state index in [2.05, 4.69) is 9.97 Å². The van der Waals surface area contributed by atoms with Crippen molar-refractivity contribution in [2.24, 2.45) is 0 Å². The summed E-state index contributed by atoms with van der Waals surface area (Å²) in [5, 5.41) is 9.57. The Morgan fingerprint density at radius 3 is 2.43 bits per heavy atom. The van der Waals surface area contributed by atoms with Gasteiger partial charge in [-0.25, -0.2) is 9.97 Å². The van der Waals surface area contributed by atoms with Gasteiger partial charge in [-0.1, -0.05) is 0 Å².